The minimum Gasteiger partial charge on any atom is -0.492 e. The predicted octanol–water partition coefficient (Wildman–Crippen LogP) is 3.63. The van der Waals surface area contributed by atoms with E-state index < -0.39 is 15.7 Å². The lowest BCUT2D eigenvalue weighted by Gasteiger charge is -2.13. The van der Waals surface area contributed by atoms with Gasteiger partial charge in [0, 0.05) is 12.8 Å². The van der Waals surface area contributed by atoms with E-state index in [0.29, 0.717) is 42.7 Å². The van der Waals surface area contributed by atoms with Crippen LogP contribution in [0.25, 0.3) is 0 Å². The second kappa shape index (κ2) is 11.7. The highest BCUT2D eigenvalue weighted by molar-refractivity contribution is 7.89. The molecule has 2 N–H and O–H groups in total. The molecule has 170 valence electrons. The molecule has 2 aromatic rings. The van der Waals surface area contributed by atoms with Gasteiger partial charge in [-0.1, -0.05) is 32.0 Å². The molecular formula is C23H32FN3O3S. The van der Waals surface area contributed by atoms with Gasteiger partial charge in [0.1, 0.15) is 18.2 Å². The van der Waals surface area contributed by atoms with Gasteiger partial charge in [0.25, 0.3) is 0 Å². The summed E-state index contributed by atoms with van der Waals surface area (Å²) >= 11 is 0. The van der Waals surface area contributed by atoms with Crippen molar-refractivity contribution in [2.24, 2.45) is 4.99 Å². The smallest absolute Gasteiger partial charge is 0.191 e. The summed E-state index contributed by atoms with van der Waals surface area (Å²) in [5, 5.41) is 6.30. The maximum absolute atomic E-state index is 13.7. The molecule has 0 unspecified atom stereocenters. The number of hydrogen-bond acceptors (Lipinski definition) is 4. The minimum atomic E-state index is -3.23. The molecule has 0 aromatic heterocycles. The lowest BCUT2D eigenvalue weighted by atomic mass is 10.0. The molecule has 0 fully saturated rings. The predicted molar refractivity (Wildman–Crippen MR) is 124 cm³/mol. The Kier molecular flexibility index (Phi) is 9.30. The van der Waals surface area contributed by atoms with Crippen LogP contribution in [0.1, 0.15) is 43.4 Å². The second-order valence-electron chi connectivity index (χ2n) is 7.68. The van der Waals surface area contributed by atoms with Crippen molar-refractivity contribution in [1.82, 2.24) is 10.6 Å². The summed E-state index contributed by atoms with van der Waals surface area (Å²) in [4.78, 5) is 4.47. The third-order valence-electron chi connectivity index (χ3n) is 4.55. The molecule has 8 heteroatoms. The van der Waals surface area contributed by atoms with Crippen LogP contribution in [0.5, 0.6) is 5.75 Å². The number of nitrogens with one attached hydrogen (secondary N) is 2. The van der Waals surface area contributed by atoms with Gasteiger partial charge in [-0.15, -0.1) is 0 Å². The van der Waals surface area contributed by atoms with Crippen molar-refractivity contribution >= 4 is 15.8 Å². The van der Waals surface area contributed by atoms with Crippen LogP contribution >= 0.6 is 0 Å². The molecule has 0 aliphatic carbocycles. The number of rotatable bonds is 10. The van der Waals surface area contributed by atoms with Crippen LogP contribution in [-0.2, 0) is 22.1 Å². The summed E-state index contributed by atoms with van der Waals surface area (Å²) in [6.07, 6.45) is 1.16. The fraction of sp³-hybridized carbons (Fsp3) is 0.435. The number of halogens is 1. The molecule has 0 saturated carbocycles. The van der Waals surface area contributed by atoms with Crippen molar-refractivity contribution < 1.29 is 17.5 Å². The molecule has 2 aromatic carbocycles. The fourth-order valence-corrected chi connectivity index (χ4v) is 3.80. The largest absolute Gasteiger partial charge is 0.492 e. The Morgan fingerprint density at radius 3 is 2.42 bits per heavy atom. The fourth-order valence-electron chi connectivity index (χ4n) is 2.96. The van der Waals surface area contributed by atoms with E-state index in [1.165, 1.54) is 23.8 Å². The van der Waals surface area contributed by atoms with Gasteiger partial charge in [-0.3, -0.25) is 0 Å². The Morgan fingerprint density at radius 1 is 1.10 bits per heavy atom. The highest BCUT2D eigenvalue weighted by atomic mass is 32.2. The highest BCUT2D eigenvalue weighted by Gasteiger charge is 2.11. The number of nitrogens with zero attached hydrogens (tertiary/aromatic N) is 1. The van der Waals surface area contributed by atoms with E-state index in [1.54, 1.807) is 0 Å². The van der Waals surface area contributed by atoms with Gasteiger partial charge in [-0.25, -0.2) is 17.8 Å². The lowest BCUT2D eigenvalue weighted by molar-refractivity contribution is 0.322. The maximum Gasteiger partial charge on any atom is 0.191 e. The van der Waals surface area contributed by atoms with Crippen LogP contribution in [0.2, 0.25) is 0 Å². The molecule has 0 aliphatic rings. The molecule has 0 heterocycles. The first-order valence-electron chi connectivity index (χ1n) is 10.4. The quantitative estimate of drug-likeness (QED) is 0.329. The molecule has 0 radical (unpaired) electrons. The Hall–Kier alpha value is -2.61. The van der Waals surface area contributed by atoms with Gasteiger partial charge in [0.05, 0.1) is 18.8 Å². The van der Waals surface area contributed by atoms with Gasteiger partial charge in [-0.2, -0.15) is 0 Å². The van der Waals surface area contributed by atoms with Crippen LogP contribution in [0.15, 0.2) is 47.5 Å². The Bertz CT molecular complexity index is 974. The van der Waals surface area contributed by atoms with E-state index in [0.717, 1.165) is 12.0 Å². The Morgan fingerprint density at radius 2 is 1.81 bits per heavy atom. The molecule has 2 rings (SSSR count). The monoisotopic (exact) mass is 449 g/mol. The second-order valence-corrected chi connectivity index (χ2v) is 9.82. The summed E-state index contributed by atoms with van der Waals surface area (Å²) < 4.78 is 42.8. The molecule has 0 aliphatic heterocycles. The zero-order valence-electron chi connectivity index (χ0n) is 18.6. The minimum absolute atomic E-state index is 0.147. The van der Waals surface area contributed by atoms with Crippen molar-refractivity contribution in [3.8, 4) is 5.75 Å². The molecule has 6 nitrogen and oxygen atoms in total. The SMILES string of the molecule is CCNC(=NCc1cc(F)ccc1CS(C)(=O)=O)NCCOc1ccc(C(C)C)cc1. The molecular weight excluding hydrogens is 417 g/mol. The van der Waals surface area contributed by atoms with Crippen LogP contribution in [0.3, 0.4) is 0 Å². The topological polar surface area (TPSA) is 79.8 Å². The van der Waals surface area contributed by atoms with Crippen molar-refractivity contribution in [2.45, 2.75) is 39.0 Å². The molecule has 0 atom stereocenters. The van der Waals surface area contributed by atoms with Crippen molar-refractivity contribution in [1.29, 1.82) is 0 Å². The Balaban J connectivity index is 1.95. The van der Waals surface area contributed by atoms with Gasteiger partial charge >= 0.3 is 0 Å². The van der Waals surface area contributed by atoms with Crippen LogP contribution in [-0.4, -0.2) is 40.3 Å². The molecule has 0 spiro atoms. The highest BCUT2D eigenvalue weighted by Crippen LogP contribution is 2.18. The van der Waals surface area contributed by atoms with E-state index in [-0.39, 0.29) is 12.3 Å². The van der Waals surface area contributed by atoms with Crippen LogP contribution in [0.4, 0.5) is 4.39 Å². The van der Waals surface area contributed by atoms with Gasteiger partial charge in [0.15, 0.2) is 15.8 Å². The van der Waals surface area contributed by atoms with E-state index in [4.69, 9.17) is 4.74 Å². The summed E-state index contributed by atoms with van der Waals surface area (Å²) in [6, 6.07) is 12.1. The van der Waals surface area contributed by atoms with Crippen molar-refractivity contribution in [3.63, 3.8) is 0 Å². The first-order chi connectivity index (χ1) is 14.7. The summed E-state index contributed by atoms with van der Waals surface area (Å²) in [5.74, 6) is 1.27. The number of hydrogen-bond donors (Lipinski definition) is 2. The average Bonchev–Trinajstić information content (AvgIpc) is 2.70. The van der Waals surface area contributed by atoms with E-state index in [1.807, 2.05) is 19.1 Å². The average molecular weight is 450 g/mol. The van der Waals surface area contributed by atoms with E-state index in [9.17, 15) is 12.8 Å². The number of aliphatic imine (C=N–C) groups is 1. The summed E-state index contributed by atoms with van der Waals surface area (Å²) in [5.41, 5.74) is 2.36. The first kappa shape index (κ1) is 24.7. The number of benzene rings is 2. The van der Waals surface area contributed by atoms with Gasteiger partial charge < -0.3 is 15.4 Å². The lowest BCUT2D eigenvalue weighted by Crippen LogP contribution is -2.39. The van der Waals surface area contributed by atoms with E-state index in [2.05, 4.69) is 41.6 Å². The zero-order chi connectivity index (χ0) is 22.9. The standard InChI is InChI=1S/C23H32FN3O3S/c1-5-25-23(26-12-13-30-22-10-7-18(8-11-22)17(2)3)27-15-20-14-21(24)9-6-19(20)16-31(4,28)29/h6-11,14,17H,5,12-13,15-16H2,1-4H3,(H2,25,26,27). The first-order valence-corrected chi connectivity index (χ1v) is 12.4. The van der Waals surface area contributed by atoms with Gasteiger partial charge in [0.2, 0.25) is 0 Å². The third kappa shape index (κ3) is 8.96. The van der Waals surface area contributed by atoms with Crippen LogP contribution < -0.4 is 15.4 Å². The third-order valence-corrected chi connectivity index (χ3v) is 5.38. The van der Waals surface area contributed by atoms with E-state index >= 15 is 0 Å². The van der Waals surface area contributed by atoms with Crippen molar-refractivity contribution in [2.75, 3.05) is 26.0 Å². The molecule has 0 bridgehead atoms. The zero-order valence-corrected chi connectivity index (χ0v) is 19.4. The van der Waals surface area contributed by atoms with Crippen molar-refractivity contribution in [3.05, 3.63) is 65.0 Å². The molecule has 0 saturated heterocycles. The van der Waals surface area contributed by atoms with Crippen LogP contribution in [0, 0.1) is 5.82 Å². The molecule has 0 amide bonds. The van der Waals surface area contributed by atoms with Gasteiger partial charge in [-0.05, 0) is 53.8 Å². The molecule has 31 heavy (non-hydrogen) atoms. The normalized spacial score (nSPS) is 12.1. The summed E-state index contributed by atoms with van der Waals surface area (Å²) in [6.45, 7) is 8.03. The summed E-state index contributed by atoms with van der Waals surface area (Å²) in [7, 11) is -3.23. The number of guanidine groups is 1. The Labute approximate surface area is 184 Å². The maximum atomic E-state index is 13.7. The number of sulfone groups is 1. The number of ether oxygens (including phenoxy) is 1.